The average Bonchev–Trinajstić information content (AvgIpc) is 3.26. The zero-order chi connectivity index (χ0) is 17.6. The van der Waals surface area contributed by atoms with Gasteiger partial charge in [-0.3, -0.25) is 4.79 Å². The Balaban J connectivity index is 0.000000258. The first-order chi connectivity index (χ1) is 12.2. The van der Waals surface area contributed by atoms with Gasteiger partial charge in [0, 0.05) is 11.1 Å². The van der Waals surface area contributed by atoms with Gasteiger partial charge in [0.1, 0.15) is 17.8 Å². The lowest BCUT2D eigenvalue weighted by atomic mass is 10.1. The van der Waals surface area contributed by atoms with Gasteiger partial charge >= 0.3 is 0 Å². The number of aliphatic hydroxyl groups is 1. The van der Waals surface area contributed by atoms with Crippen LogP contribution in [0.25, 0.3) is 0 Å². The van der Waals surface area contributed by atoms with E-state index in [2.05, 4.69) is 11.9 Å². The number of carbonyl (C=O) groups excluding carboxylic acids is 1. The molecular formula is C21H25NO3. The smallest absolute Gasteiger partial charge is 0.150 e. The van der Waals surface area contributed by atoms with Crippen molar-refractivity contribution in [3.05, 3.63) is 59.2 Å². The molecule has 1 aliphatic heterocycles. The molecule has 0 aromatic heterocycles. The van der Waals surface area contributed by atoms with Crippen LogP contribution >= 0.6 is 0 Å². The molecule has 4 heteroatoms. The Morgan fingerprint density at radius 3 is 2.60 bits per heavy atom. The summed E-state index contributed by atoms with van der Waals surface area (Å²) in [6.45, 7) is 2.64. The predicted octanol–water partition coefficient (Wildman–Crippen LogP) is 3.98. The molecule has 2 aromatic carbocycles. The first kappa shape index (κ1) is 17.6. The molecule has 0 radical (unpaired) electrons. The number of aldehydes is 1. The van der Waals surface area contributed by atoms with Crippen molar-refractivity contribution in [2.75, 3.05) is 20.1 Å². The molecule has 0 saturated carbocycles. The summed E-state index contributed by atoms with van der Waals surface area (Å²) in [5.74, 6) is 1.40. The lowest BCUT2D eigenvalue weighted by Crippen LogP contribution is -2.10. The first-order valence-electron chi connectivity index (χ1n) is 8.89. The van der Waals surface area contributed by atoms with Gasteiger partial charge in [-0.05, 0) is 69.6 Å². The topological polar surface area (TPSA) is 49.8 Å². The van der Waals surface area contributed by atoms with E-state index in [1.54, 1.807) is 18.2 Å². The molecule has 2 aromatic rings. The number of nitrogens with zero attached hydrogens (tertiary/aromatic N) is 1. The van der Waals surface area contributed by atoms with Crippen molar-refractivity contribution in [2.24, 2.45) is 0 Å². The van der Waals surface area contributed by atoms with Crippen molar-refractivity contribution in [1.82, 2.24) is 4.90 Å². The van der Waals surface area contributed by atoms with Gasteiger partial charge < -0.3 is 14.7 Å². The second-order valence-corrected chi connectivity index (χ2v) is 6.68. The maximum absolute atomic E-state index is 10.8. The molecule has 0 spiro atoms. The Hall–Kier alpha value is -2.17. The van der Waals surface area contributed by atoms with Crippen molar-refractivity contribution in [3.8, 4) is 11.5 Å². The van der Waals surface area contributed by atoms with Crippen LogP contribution in [0.4, 0.5) is 0 Å². The fourth-order valence-electron chi connectivity index (χ4n) is 3.35. The summed E-state index contributed by atoms with van der Waals surface area (Å²) in [6.07, 6.45) is 4.79. The van der Waals surface area contributed by atoms with Crippen LogP contribution in [-0.4, -0.2) is 36.4 Å². The van der Waals surface area contributed by atoms with Gasteiger partial charge in [-0.2, -0.15) is 0 Å². The maximum atomic E-state index is 10.8. The van der Waals surface area contributed by atoms with Crippen LogP contribution in [0.15, 0.2) is 42.5 Å². The zero-order valence-electron chi connectivity index (χ0n) is 14.6. The van der Waals surface area contributed by atoms with Crippen molar-refractivity contribution < 1.29 is 14.6 Å². The highest BCUT2D eigenvalue weighted by Gasteiger charge is 2.23. The van der Waals surface area contributed by atoms with E-state index in [1.165, 1.54) is 25.9 Å². The van der Waals surface area contributed by atoms with Gasteiger partial charge in [0.05, 0.1) is 6.10 Å². The third-order valence-electron chi connectivity index (χ3n) is 4.75. The lowest BCUT2D eigenvalue weighted by Gasteiger charge is -2.11. The Bertz CT molecular complexity index is 723. The minimum atomic E-state index is -0.389. The number of hydrogen-bond donors (Lipinski definition) is 1. The number of benzene rings is 2. The molecule has 4 nitrogen and oxygen atoms in total. The Labute approximate surface area is 149 Å². The van der Waals surface area contributed by atoms with Crippen molar-refractivity contribution in [2.45, 2.75) is 31.8 Å². The Morgan fingerprint density at radius 1 is 1.16 bits per heavy atom. The largest absolute Gasteiger partial charge is 0.457 e. The molecule has 132 valence electrons. The molecule has 1 atom stereocenters. The van der Waals surface area contributed by atoms with Gasteiger partial charge in [-0.1, -0.05) is 24.3 Å². The predicted molar refractivity (Wildman–Crippen MR) is 98.4 cm³/mol. The molecule has 1 unspecified atom stereocenters. The minimum Gasteiger partial charge on any atom is -0.457 e. The van der Waals surface area contributed by atoms with E-state index in [4.69, 9.17) is 4.74 Å². The molecule has 1 aliphatic carbocycles. The summed E-state index contributed by atoms with van der Waals surface area (Å²) in [5, 5.41) is 9.85. The van der Waals surface area contributed by atoms with Crippen LogP contribution in [0, 0.1) is 0 Å². The molecule has 1 N–H and O–H groups in total. The van der Waals surface area contributed by atoms with Crippen LogP contribution in [0.1, 0.15) is 46.9 Å². The lowest BCUT2D eigenvalue weighted by molar-refractivity contribution is 0.112. The molecule has 0 amide bonds. The van der Waals surface area contributed by atoms with E-state index in [1.807, 2.05) is 24.3 Å². The van der Waals surface area contributed by atoms with Gasteiger partial charge in [0.15, 0.2) is 0 Å². The highest BCUT2D eigenvalue weighted by molar-refractivity contribution is 5.75. The van der Waals surface area contributed by atoms with E-state index in [0.717, 1.165) is 36.0 Å². The highest BCUT2D eigenvalue weighted by atomic mass is 16.5. The third-order valence-corrected chi connectivity index (χ3v) is 4.75. The molecule has 25 heavy (non-hydrogen) atoms. The Morgan fingerprint density at radius 2 is 1.92 bits per heavy atom. The number of ether oxygens (including phenoxy) is 1. The highest BCUT2D eigenvalue weighted by Crippen LogP contribution is 2.38. The van der Waals surface area contributed by atoms with Crippen LogP contribution in [-0.2, 0) is 6.42 Å². The van der Waals surface area contributed by atoms with E-state index >= 15 is 0 Å². The molecule has 2 aliphatic rings. The van der Waals surface area contributed by atoms with Gasteiger partial charge in [0.2, 0.25) is 0 Å². The summed E-state index contributed by atoms with van der Waals surface area (Å²) in [7, 11) is 2.17. The SMILES string of the molecule is CN1CCCC1.O=Cc1cccc(Oc2cccc3c2CCC3O)c1. The van der Waals surface area contributed by atoms with Gasteiger partial charge in [0.25, 0.3) is 0 Å². The number of hydrogen-bond acceptors (Lipinski definition) is 4. The normalized spacial score (nSPS) is 19.0. The number of rotatable bonds is 3. The van der Waals surface area contributed by atoms with E-state index in [-0.39, 0.29) is 6.10 Å². The van der Waals surface area contributed by atoms with Crippen molar-refractivity contribution in [3.63, 3.8) is 0 Å². The van der Waals surface area contributed by atoms with Crippen molar-refractivity contribution in [1.29, 1.82) is 0 Å². The van der Waals surface area contributed by atoms with Crippen LogP contribution < -0.4 is 4.74 Å². The average molecular weight is 339 g/mol. The number of fused-ring (bicyclic) bond motifs is 1. The second-order valence-electron chi connectivity index (χ2n) is 6.68. The first-order valence-corrected chi connectivity index (χ1v) is 8.89. The standard InChI is InChI=1S/C16H14O3.C5H11N/c17-10-11-3-1-4-12(9-11)19-16-6-2-5-13-14(16)7-8-15(13)18;1-6-4-2-3-5-6/h1-6,9-10,15,18H,7-8H2;2-5H2,1H3. The fraction of sp³-hybridized carbons (Fsp3) is 0.381. The number of carbonyl (C=O) groups is 1. The van der Waals surface area contributed by atoms with Crippen LogP contribution in [0.5, 0.6) is 11.5 Å². The number of likely N-dealkylation sites (tertiary alicyclic amines) is 1. The molecule has 4 rings (SSSR count). The molecule has 1 fully saturated rings. The maximum Gasteiger partial charge on any atom is 0.150 e. The van der Waals surface area contributed by atoms with Gasteiger partial charge in [-0.15, -0.1) is 0 Å². The van der Waals surface area contributed by atoms with E-state index in [0.29, 0.717) is 11.3 Å². The third kappa shape index (κ3) is 4.47. The molecule has 1 heterocycles. The molecular weight excluding hydrogens is 314 g/mol. The van der Waals surface area contributed by atoms with Crippen LogP contribution in [0.2, 0.25) is 0 Å². The van der Waals surface area contributed by atoms with E-state index in [9.17, 15) is 9.90 Å². The zero-order valence-corrected chi connectivity index (χ0v) is 14.6. The summed E-state index contributed by atoms with van der Waals surface area (Å²) in [4.78, 5) is 13.1. The monoisotopic (exact) mass is 339 g/mol. The summed E-state index contributed by atoms with van der Waals surface area (Å²) in [6, 6.07) is 12.8. The summed E-state index contributed by atoms with van der Waals surface area (Å²) >= 11 is 0. The number of aliphatic hydroxyl groups excluding tert-OH is 1. The summed E-state index contributed by atoms with van der Waals surface area (Å²) < 4.78 is 5.84. The minimum absolute atomic E-state index is 0.389. The van der Waals surface area contributed by atoms with Crippen molar-refractivity contribution >= 4 is 6.29 Å². The summed E-state index contributed by atoms with van der Waals surface area (Å²) in [5.41, 5.74) is 2.60. The van der Waals surface area contributed by atoms with E-state index < -0.39 is 0 Å². The molecule has 0 bridgehead atoms. The van der Waals surface area contributed by atoms with Crippen LogP contribution in [0.3, 0.4) is 0 Å². The van der Waals surface area contributed by atoms with Gasteiger partial charge in [-0.25, -0.2) is 0 Å². The molecule has 1 saturated heterocycles. The second kappa shape index (κ2) is 8.28. The quantitative estimate of drug-likeness (QED) is 0.859. The fourth-order valence-corrected chi connectivity index (χ4v) is 3.35. The Kier molecular flexibility index (Phi) is 5.84.